The number of phenols is 1. The van der Waals surface area contributed by atoms with Crippen molar-refractivity contribution in [3.05, 3.63) is 36.4 Å². The summed E-state index contributed by atoms with van der Waals surface area (Å²) in [5.74, 6) is 1.02. The maximum atomic E-state index is 9.77. The van der Waals surface area contributed by atoms with Crippen molar-refractivity contribution < 1.29 is 19.3 Å². The molecule has 0 bridgehead atoms. The smallest absolute Gasteiger partial charge is 0.127 e. The number of methoxy groups -OCH3 is 1. The highest BCUT2D eigenvalue weighted by atomic mass is 16.5. The molecule has 0 radical (unpaired) electrons. The van der Waals surface area contributed by atoms with Gasteiger partial charge in [0.2, 0.25) is 0 Å². The Labute approximate surface area is 112 Å². The molecule has 0 aliphatic rings. The molecular formula is C15H18O4. The van der Waals surface area contributed by atoms with Gasteiger partial charge in [0.1, 0.15) is 18.1 Å². The molecule has 0 aromatic heterocycles. The molecule has 0 fully saturated rings. The highest BCUT2D eigenvalue weighted by Crippen LogP contribution is 2.31. The first-order chi connectivity index (χ1) is 9.33. The van der Waals surface area contributed by atoms with Crippen molar-refractivity contribution in [2.24, 2.45) is 0 Å². The van der Waals surface area contributed by atoms with Crippen LogP contribution in [0.4, 0.5) is 0 Å². The highest BCUT2D eigenvalue weighted by molar-refractivity contribution is 5.92. The van der Waals surface area contributed by atoms with Crippen LogP contribution in [0, 0.1) is 0 Å². The van der Waals surface area contributed by atoms with Crippen LogP contribution in [-0.4, -0.2) is 38.6 Å². The minimum absolute atomic E-state index is 0.263. The summed E-state index contributed by atoms with van der Waals surface area (Å²) in [6, 6.07) is 11.0. The molecule has 0 saturated carbocycles. The summed E-state index contributed by atoms with van der Waals surface area (Å²) < 4.78 is 15.9. The van der Waals surface area contributed by atoms with Crippen LogP contribution in [0.1, 0.15) is 0 Å². The number of rotatable bonds is 7. The zero-order valence-corrected chi connectivity index (χ0v) is 11.0. The molecule has 0 heterocycles. The Morgan fingerprint density at radius 1 is 0.895 bits per heavy atom. The molecule has 0 atom stereocenters. The molecule has 102 valence electrons. The van der Waals surface area contributed by atoms with Gasteiger partial charge in [0.25, 0.3) is 0 Å². The Balaban J connectivity index is 1.96. The van der Waals surface area contributed by atoms with E-state index in [1.165, 1.54) is 0 Å². The van der Waals surface area contributed by atoms with E-state index in [4.69, 9.17) is 14.2 Å². The summed E-state index contributed by atoms with van der Waals surface area (Å²) in [5.41, 5.74) is 0. The van der Waals surface area contributed by atoms with Gasteiger partial charge in [0.05, 0.1) is 19.8 Å². The van der Waals surface area contributed by atoms with Crippen molar-refractivity contribution in [3.8, 4) is 11.5 Å². The third-order valence-corrected chi connectivity index (χ3v) is 2.78. The Morgan fingerprint density at radius 2 is 1.63 bits per heavy atom. The minimum atomic E-state index is 0.263. The fraction of sp³-hybridized carbons (Fsp3) is 0.333. The van der Waals surface area contributed by atoms with Crippen molar-refractivity contribution >= 4 is 10.8 Å². The third-order valence-electron chi connectivity index (χ3n) is 2.78. The van der Waals surface area contributed by atoms with Crippen LogP contribution in [0.3, 0.4) is 0 Å². The van der Waals surface area contributed by atoms with Crippen LogP contribution in [0.25, 0.3) is 10.8 Å². The lowest BCUT2D eigenvalue weighted by Crippen LogP contribution is -2.10. The SMILES string of the molecule is COCCOCCOc1ccc(O)c2ccccc12. The van der Waals surface area contributed by atoms with Crippen LogP contribution in [0.15, 0.2) is 36.4 Å². The second kappa shape index (κ2) is 6.97. The number of hydrogen-bond donors (Lipinski definition) is 1. The van der Waals surface area contributed by atoms with E-state index in [-0.39, 0.29) is 5.75 Å². The van der Waals surface area contributed by atoms with Crippen LogP contribution in [0.2, 0.25) is 0 Å². The number of aromatic hydroxyl groups is 1. The van der Waals surface area contributed by atoms with Gasteiger partial charge in [-0.05, 0) is 12.1 Å². The van der Waals surface area contributed by atoms with Crippen molar-refractivity contribution in [3.63, 3.8) is 0 Å². The zero-order chi connectivity index (χ0) is 13.5. The lowest BCUT2D eigenvalue weighted by Gasteiger charge is -2.10. The van der Waals surface area contributed by atoms with E-state index in [9.17, 15) is 5.11 Å². The second-order valence-electron chi connectivity index (χ2n) is 4.08. The Kier molecular flexibility index (Phi) is 5.01. The first-order valence-electron chi connectivity index (χ1n) is 6.23. The van der Waals surface area contributed by atoms with Gasteiger partial charge in [-0.2, -0.15) is 0 Å². The van der Waals surface area contributed by atoms with Crippen LogP contribution in [0.5, 0.6) is 11.5 Å². The fourth-order valence-corrected chi connectivity index (χ4v) is 1.84. The molecule has 0 aliphatic carbocycles. The number of hydrogen-bond acceptors (Lipinski definition) is 4. The van der Waals surface area contributed by atoms with E-state index in [0.717, 1.165) is 16.5 Å². The fourth-order valence-electron chi connectivity index (χ4n) is 1.84. The Hall–Kier alpha value is -1.78. The average molecular weight is 262 g/mol. The number of phenolic OH excluding ortho intramolecular Hbond substituents is 1. The number of fused-ring (bicyclic) bond motifs is 1. The molecule has 0 unspecified atom stereocenters. The normalized spacial score (nSPS) is 10.8. The summed E-state index contributed by atoms with van der Waals surface area (Å²) in [7, 11) is 1.64. The molecule has 0 amide bonds. The Bertz CT molecular complexity index is 525. The molecule has 19 heavy (non-hydrogen) atoms. The summed E-state index contributed by atoms with van der Waals surface area (Å²) in [6.45, 7) is 2.13. The van der Waals surface area contributed by atoms with Crippen LogP contribution in [-0.2, 0) is 9.47 Å². The van der Waals surface area contributed by atoms with Gasteiger partial charge in [-0.1, -0.05) is 24.3 Å². The standard InChI is InChI=1S/C15H18O4/c1-17-8-9-18-10-11-19-15-7-6-14(16)12-4-2-3-5-13(12)15/h2-7,16H,8-11H2,1H3. The number of ether oxygens (including phenoxy) is 3. The van der Waals surface area contributed by atoms with Crippen molar-refractivity contribution in [2.45, 2.75) is 0 Å². The van der Waals surface area contributed by atoms with Gasteiger partial charge >= 0.3 is 0 Å². The topological polar surface area (TPSA) is 47.9 Å². The molecule has 2 aromatic carbocycles. The molecule has 4 nitrogen and oxygen atoms in total. The van der Waals surface area contributed by atoms with Gasteiger partial charge < -0.3 is 19.3 Å². The molecular weight excluding hydrogens is 244 g/mol. The first-order valence-corrected chi connectivity index (χ1v) is 6.23. The van der Waals surface area contributed by atoms with E-state index in [0.29, 0.717) is 26.4 Å². The number of benzene rings is 2. The monoisotopic (exact) mass is 262 g/mol. The van der Waals surface area contributed by atoms with Gasteiger partial charge in [-0.3, -0.25) is 0 Å². The molecule has 2 aromatic rings. The molecule has 0 saturated heterocycles. The van der Waals surface area contributed by atoms with E-state index in [1.54, 1.807) is 19.2 Å². The largest absolute Gasteiger partial charge is 0.507 e. The zero-order valence-electron chi connectivity index (χ0n) is 11.0. The lowest BCUT2D eigenvalue weighted by atomic mass is 10.1. The van der Waals surface area contributed by atoms with Gasteiger partial charge in [-0.25, -0.2) is 0 Å². The molecule has 2 rings (SSSR count). The predicted octanol–water partition coefficient (Wildman–Crippen LogP) is 2.59. The second-order valence-corrected chi connectivity index (χ2v) is 4.08. The molecule has 0 aliphatic heterocycles. The quantitative estimate of drug-likeness (QED) is 0.779. The van der Waals surface area contributed by atoms with E-state index in [2.05, 4.69) is 0 Å². The minimum Gasteiger partial charge on any atom is -0.507 e. The first kappa shape index (κ1) is 13.6. The van der Waals surface area contributed by atoms with Gasteiger partial charge in [0.15, 0.2) is 0 Å². The van der Waals surface area contributed by atoms with Gasteiger partial charge in [0, 0.05) is 17.9 Å². The average Bonchev–Trinajstić information content (AvgIpc) is 2.45. The summed E-state index contributed by atoms with van der Waals surface area (Å²) >= 11 is 0. The highest BCUT2D eigenvalue weighted by Gasteiger charge is 2.05. The van der Waals surface area contributed by atoms with Crippen molar-refractivity contribution in [1.29, 1.82) is 0 Å². The maximum Gasteiger partial charge on any atom is 0.127 e. The van der Waals surface area contributed by atoms with Crippen LogP contribution >= 0.6 is 0 Å². The molecule has 1 N–H and O–H groups in total. The van der Waals surface area contributed by atoms with E-state index < -0.39 is 0 Å². The summed E-state index contributed by atoms with van der Waals surface area (Å²) in [5, 5.41) is 11.5. The Morgan fingerprint density at radius 3 is 2.42 bits per heavy atom. The van der Waals surface area contributed by atoms with Gasteiger partial charge in [-0.15, -0.1) is 0 Å². The lowest BCUT2D eigenvalue weighted by molar-refractivity contribution is 0.0547. The van der Waals surface area contributed by atoms with E-state index in [1.807, 2.05) is 24.3 Å². The molecule has 4 heteroatoms. The van der Waals surface area contributed by atoms with Crippen molar-refractivity contribution in [1.82, 2.24) is 0 Å². The van der Waals surface area contributed by atoms with Crippen molar-refractivity contribution in [2.75, 3.05) is 33.5 Å². The van der Waals surface area contributed by atoms with E-state index >= 15 is 0 Å². The summed E-state index contributed by atoms with van der Waals surface area (Å²) in [4.78, 5) is 0. The van der Waals surface area contributed by atoms with Crippen LogP contribution < -0.4 is 4.74 Å². The predicted molar refractivity (Wildman–Crippen MR) is 73.8 cm³/mol. The maximum absolute atomic E-state index is 9.77. The summed E-state index contributed by atoms with van der Waals surface area (Å²) in [6.07, 6.45) is 0. The molecule has 0 spiro atoms. The third kappa shape index (κ3) is 3.59.